The van der Waals surface area contributed by atoms with E-state index in [-0.39, 0.29) is 5.92 Å². The highest BCUT2D eigenvalue weighted by atomic mass is 14.5. The van der Waals surface area contributed by atoms with Gasteiger partial charge in [-0.1, -0.05) is 91.0 Å². The van der Waals surface area contributed by atoms with E-state index in [1.165, 1.54) is 83.5 Å². The van der Waals surface area contributed by atoms with E-state index in [9.17, 15) is 0 Å². The van der Waals surface area contributed by atoms with E-state index in [2.05, 4.69) is 109 Å². The average Bonchev–Trinajstić information content (AvgIpc) is 3.68. The molecule has 6 aliphatic rings. The van der Waals surface area contributed by atoms with E-state index in [1.54, 1.807) is 16.7 Å². The molecule has 0 nitrogen and oxygen atoms in total. The van der Waals surface area contributed by atoms with Crippen molar-refractivity contribution in [2.45, 2.75) is 31.1 Å². The number of benzene rings is 6. The van der Waals surface area contributed by atoms with Crippen LogP contribution < -0.4 is 0 Å². The van der Waals surface area contributed by atoms with Gasteiger partial charge in [0, 0.05) is 11.8 Å². The second kappa shape index (κ2) is 7.14. The van der Waals surface area contributed by atoms with Crippen molar-refractivity contribution in [1.29, 1.82) is 0 Å². The molecule has 0 fully saturated rings. The van der Waals surface area contributed by atoms with E-state index in [0.717, 1.165) is 19.3 Å². The first-order valence-corrected chi connectivity index (χ1v) is 15.0. The molecule has 0 saturated heterocycles. The molecule has 6 aromatic carbocycles. The highest BCUT2D eigenvalue weighted by molar-refractivity contribution is 5.86. The standard InChI is InChI=1S/C41H26/c1-4-10-28-22(7-1)13-25-16-34-37(19-31(25)28)41-38-20-32-26(14-23-8-2-5-11-29(23)32)17-35(38)40(34)36-18-27-15-24-9-3-6-12-30(24)33(27)21-39(36)41/h1-12,16-21,40-41H,13-15H2. The Morgan fingerprint density at radius 2 is 0.585 bits per heavy atom. The van der Waals surface area contributed by atoms with Crippen molar-refractivity contribution in [2.75, 3.05) is 0 Å². The molecule has 2 bridgehead atoms. The zero-order valence-electron chi connectivity index (χ0n) is 22.7. The summed E-state index contributed by atoms with van der Waals surface area (Å²) in [6, 6.07) is 42.6. The molecule has 0 heterocycles. The third kappa shape index (κ3) is 2.54. The predicted octanol–water partition coefficient (Wildman–Crippen LogP) is 9.39. The minimum atomic E-state index is 0.272. The maximum Gasteiger partial charge on any atom is 0.0349 e. The summed E-state index contributed by atoms with van der Waals surface area (Å²) in [5.41, 5.74) is 26.8. The van der Waals surface area contributed by atoms with Crippen molar-refractivity contribution < 1.29 is 0 Å². The summed E-state index contributed by atoms with van der Waals surface area (Å²) in [6.45, 7) is 0. The molecule has 0 radical (unpaired) electrons. The molecule has 0 aromatic heterocycles. The van der Waals surface area contributed by atoms with Gasteiger partial charge in [0.15, 0.2) is 0 Å². The molecule has 0 aliphatic heterocycles. The maximum atomic E-state index is 2.60. The van der Waals surface area contributed by atoms with Crippen LogP contribution in [0.3, 0.4) is 0 Å². The van der Waals surface area contributed by atoms with Crippen molar-refractivity contribution in [2.24, 2.45) is 0 Å². The normalized spacial score (nSPS) is 18.4. The van der Waals surface area contributed by atoms with Crippen molar-refractivity contribution in [3.63, 3.8) is 0 Å². The third-order valence-corrected chi connectivity index (χ3v) is 10.9. The second-order valence-corrected chi connectivity index (χ2v) is 12.8. The molecular formula is C41H26. The lowest BCUT2D eigenvalue weighted by molar-refractivity contribution is 0.751. The molecule has 0 atom stereocenters. The van der Waals surface area contributed by atoms with Crippen molar-refractivity contribution in [3.8, 4) is 33.4 Å². The highest BCUT2D eigenvalue weighted by Gasteiger charge is 2.44. The first-order valence-electron chi connectivity index (χ1n) is 15.0. The average molecular weight is 519 g/mol. The van der Waals surface area contributed by atoms with Crippen LogP contribution in [-0.4, -0.2) is 0 Å². The van der Waals surface area contributed by atoms with Gasteiger partial charge in [-0.15, -0.1) is 0 Å². The van der Waals surface area contributed by atoms with Crippen molar-refractivity contribution >= 4 is 0 Å². The van der Waals surface area contributed by atoms with Gasteiger partial charge in [0.25, 0.3) is 0 Å². The SMILES string of the molecule is c1ccc2c(c1)Cc1cc3c(cc1-2)C1c2cc4c(cc2C3c2cc3c(cc21)-c1ccccc1C3)Cc1ccccc1-4. The Labute approximate surface area is 240 Å². The van der Waals surface area contributed by atoms with Gasteiger partial charge in [0.1, 0.15) is 0 Å². The Bertz CT molecular complexity index is 1940. The number of hydrogen-bond donors (Lipinski definition) is 0. The molecule has 0 heteroatoms. The van der Waals surface area contributed by atoms with E-state index >= 15 is 0 Å². The first kappa shape index (κ1) is 21.1. The zero-order valence-corrected chi connectivity index (χ0v) is 22.7. The van der Waals surface area contributed by atoms with Crippen LogP contribution in [0, 0.1) is 0 Å². The van der Waals surface area contributed by atoms with Gasteiger partial charge in [0.05, 0.1) is 0 Å². The molecule has 0 unspecified atom stereocenters. The lowest BCUT2D eigenvalue weighted by Crippen LogP contribution is -2.28. The minimum Gasteiger partial charge on any atom is -0.0619 e. The van der Waals surface area contributed by atoms with Crippen LogP contribution in [0.15, 0.2) is 109 Å². The summed E-state index contributed by atoms with van der Waals surface area (Å²) in [6.07, 6.45) is 3.15. The van der Waals surface area contributed by atoms with Gasteiger partial charge < -0.3 is 0 Å². The molecule has 6 aromatic rings. The Balaban J connectivity index is 1.20. The molecule has 0 N–H and O–H groups in total. The Hall–Kier alpha value is -4.68. The van der Waals surface area contributed by atoms with Gasteiger partial charge in [-0.05, 0) is 138 Å². The minimum absolute atomic E-state index is 0.272. The summed E-state index contributed by atoms with van der Waals surface area (Å²) in [5, 5.41) is 0. The molecule has 0 amide bonds. The van der Waals surface area contributed by atoms with Crippen LogP contribution in [0.2, 0.25) is 0 Å². The Kier molecular flexibility index (Phi) is 3.68. The second-order valence-electron chi connectivity index (χ2n) is 12.8. The first-order chi connectivity index (χ1) is 20.3. The number of fused-ring (bicyclic) bond motifs is 9. The van der Waals surface area contributed by atoms with E-state index in [1.807, 2.05) is 0 Å². The van der Waals surface area contributed by atoms with E-state index in [0.29, 0.717) is 5.92 Å². The largest absolute Gasteiger partial charge is 0.0619 e. The highest BCUT2D eigenvalue weighted by Crippen LogP contribution is 2.60. The number of rotatable bonds is 0. The summed E-state index contributed by atoms with van der Waals surface area (Å²) >= 11 is 0. The smallest absolute Gasteiger partial charge is 0.0349 e. The molecule has 0 spiro atoms. The van der Waals surface area contributed by atoms with Crippen LogP contribution in [0.1, 0.15) is 78.6 Å². The van der Waals surface area contributed by atoms with E-state index < -0.39 is 0 Å². The fraction of sp³-hybridized carbons (Fsp3) is 0.122. The monoisotopic (exact) mass is 518 g/mol. The van der Waals surface area contributed by atoms with Crippen molar-refractivity contribution in [3.05, 3.63) is 176 Å². The van der Waals surface area contributed by atoms with Gasteiger partial charge in [0.2, 0.25) is 0 Å². The van der Waals surface area contributed by atoms with E-state index in [4.69, 9.17) is 0 Å². The fourth-order valence-electron chi connectivity index (χ4n) is 9.16. The topological polar surface area (TPSA) is 0 Å². The van der Waals surface area contributed by atoms with Crippen LogP contribution in [-0.2, 0) is 19.3 Å². The van der Waals surface area contributed by atoms with Crippen molar-refractivity contribution in [1.82, 2.24) is 0 Å². The van der Waals surface area contributed by atoms with Gasteiger partial charge in [-0.2, -0.15) is 0 Å². The van der Waals surface area contributed by atoms with Gasteiger partial charge in [-0.25, -0.2) is 0 Å². The number of hydrogen-bond acceptors (Lipinski definition) is 0. The summed E-state index contributed by atoms with van der Waals surface area (Å²) < 4.78 is 0. The lowest BCUT2D eigenvalue weighted by atomic mass is 9.59. The summed E-state index contributed by atoms with van der Waals surface area (Å²) in [4.78, 5) is 0. The molecule has 41 heavy (non-hydrogen) atoms. The maximum absolute atomic E-state index is 2.60. The van der Waals surface area contributed by atoms with Crippen LogP contribution in [0.4, 0.5) is 0 Å². The molecule has 190 valence electrons. The molecule has 6 aliphatic carbocycles. The molecule has 12 rings (SSSR count). The van der Waals surface area contributed by atoms with Crippen LogP contribution in [0.25, 0.3) is 33.4 Å². The summed E-state index contributed by atoms with van der Waals surface area (Å²) in [7, 11) is 0. The Morgan fingerprint density at radius 3 is 0.927 bits per heavy atom. The molecule has 0 saturated carbocycles. The fourth-order valence-corrected chi connectivity index (χ4v) is 9.16. The third-order valence-electron chi connectivity index (χ3n) is 10.9. The van der Waals surface area contributed by atoms with Crippen LogP contribution in [0.5, 0.6) is 0 Å². The van der Waals surface area contributed by atoms with Gasteiger partial charge in [-0.3, -0.25) is 0 Å². The molecular weight excluding hydrogens is 492 g/mol. The van der Waals surface area contributed by atoms with Gasteiger partial charge >= 0.3 is 0 Å². The quantitative estimate of drug-likeness (QED) is 0.188. The Morgan fingerprint density at radius 1 is 0.293 bits per heavy atom. The predicted molar refractivity (Wildman–Crippen MR) is 166 cm³/mol. The summed E-state index contributed by atoms with van der Waals surface area (Å²) in [5.74, 6) is 0.575. The van der Waals surface area contributed by atoms with Crippen LogP contribution >= 0.6 is 0 Å². The lowest BCUT2D eigenvalue weighted by Gasteiger charge is -2.43. The zero-order chi connectivity index (χ0) is 26.4.